The number of carboxylic acid groups (broad SMARTS) is 1. The lowest BCUT2D eigenvalue weighted by atomic mass is 10.1. The zero-order valence-electron chi connectivity index (χ0n) is 10.4. The van der Waals surface area contributed by atoms with Gasteiger partial charge in [0.25, 0.3) is 0 Å². The number of carboxylic acids is 1. The van der Waals surface area contributed by atoms with Crippen molar-refractivity contribution in [1.29, 1.82) is 0 Å². The van der Waals surface area contributed by atoms with E-state index in [2.05, 4.69) is 18.1 Å². The fourth-order valence-corrected chi connectivity index (χ4v) is 1.92. The summed E-state index contributed by atoms with van der Waals surface area (Å²) < 4.78 is 0. The molecule has 0 saturated carbocycles. The Labute approximate surface area is 106 Å². The third-order valence-corrected chi connectivity index (χ3v) is 2.68. The Morgan fingerprint density at radius 3 is 2.41 bits per heavy atom. The van der Waals surface area contributed by atoms with Gasteiger partial charge in [0.05, 0.1) is 10.7 Å². The van der Waals surface area contributed by atoms with Crippen LogP contribution in [0.25, 0.3) is 5.57 Å². The Bertz CT molecular complexity index is 444. The monoisotopic (exact) mass is 251 g/mol. The number of hydrogen-bond donors (Lipinski definition) is 1. The summed E-state index contributed by atoms with van der Waals surface area (Å²) in [5, 5.41) is 9.70. The smallest absolute Gasteiger partial charge is 0.348 e. The lowest BCUT2D eigenvalue weighted by Crippen LogP contribution is -1.97. The number of thiazole rings is 1. The molecule has 0 fully saturated rings. The molecule has 0 aliphatic heterocycles. The van der Waals surface area contributed by atoms with E-state index in [9.17, 15) is 4.79 Å². The predicted molar refractivity (Wildman–Crippen MR) is 73.5 cm³/mol. The lowest BCUT2D eigenvalue weighted by molar-refractivity contribution is 0.0701. The molecule has 1 heterocycles. The molecule has 4 heteroatoms. The number of hydrogen-bond acceptors (Lipinski definition) is 3. The number of rotatable bonds is 4. The van der Waals surface area contributed by atoms with Crippen LogP contribution < -0.4 is 0 Å². The van der Waals surface area contributed by atoms with Crippen molar-refractivity contribution in [3.05, 3.63) is 47.0 Å². The number of aryl methyl sites for hydroxylation is 1. The molecule has 92 valence electrons. The van der Waals surface area contributed by atoms with Gasteiger partial charge in [-0.1, -0.05) is 45.2 Å². The van der Waals surface area contributed by atoms with Gasteiger partial charge >= 0.3 is 5.97 Å². The minimum absolute atomic E-state index is 0.237. The third-order valence-electron chi connectivity index (χ3n) is 1.72. The summed E-state index contributed by atoms with van der Waals surface area (Å²) >= 11 is 1.16. The van der Waals surface area contributed by atoms with E-state index in [1.807, 2.05) is 13.8 Å². The number of aromatic carboxylic acids is 1. The van der Waals surface area contributed by atoms with Gasteiger partial charge in [-0.3, -0.25) is 0 Å². The molecule has 3 nitrogen and oxygen atoms in total. The Balaban J connectivity index is 0.00000121. The average Bonchev–Trinajstić information content (AvgIpc) is 2.71. The molecule has 0 spiro atoms. The van der Waals surface area contributed by atoms with Gasteiger partial charge in [0, 0.05) is 5.57 Å². The highest BCUT2D eigenvalue weighted by atomic mass is 32.1. The number of allylic oxidation sites excluding steroid dienone is 4. The molecule has 0 aromatic carbocycles. The first-order valence-corrected chi connectivity index (χ1v) is 6.08. The SMILES string of the molecule is C=C/C=C(\C=C)c1nc(C)sc1C(=O)O.CC. The highest BCUT2D eigenvalue weighted by molar-refractivity contribution is 7.13. The second-order valence-corrected chi connectivity index (χ2v) is 3.98. The summed E-state index contributed by atoms with van der Waals surface area (Å²) in [5.41, 5.74) is 1.13. The average molecular weight is 251 g/mol. The Kier molecular flexibility index (Phi) is 6.82. The number of carbonyl (C=O) groups is 1. The van der Waals surface area contributed by atoms with Crippen molar-refractivity contribution in [1.82, 2.24) is 4.98 Å². The first-order chi connectivity index (χ1) is 8.10. The maximum atomic E-state index is 10.9. The van der Waals surface area contributed by atoms with E-state index in [1.165, 1.54) is 0 Å². The first kappa shape index (κ1) is 15.3. The Morgan fingerprint density at radius 1 is 1.41 bits per heavy atom. The molecule has 0 bridgehead atoms. The van der Waals surface area contributed by atoms with Gasteiger partial charge in [0.1, 0.15) is 4.88 Å². The molecule has 0 radical (unpaired) electrons. The Morgan fingerprint density at radius 2 is 2.00 bits per heavy atom. The quantitative estimate of drug-likeness (QED) is 0.825. The van der Waals surface area contributed by atoms with Crippen LogP contribution in [0.5, 0.6) is 0 Å². The van der Waals surface area contributed by atoms with Crippen molar-refractivity contribution >= 4 is 22.9 Å². The fourth-order valence-electron chi connectivity index (χ4n) is 1.14. The van der Waals surface area contributed by atoms with Crippen LogP contribution in [0.2, 0.25) is 0 Å². The summed E-state index contributed by atoms with van der Waals surface area (Å²) in [5.74, 6) is -0.965. The van der Waals surface area contributed by atoms with E-state index in [4.69, 9.17) is 5.11 Å². The van der Waals surface area contributed by atoms with Gasteiger partial charge in [-0.2, -0.15) is 0 Å². The van der Waals surface area contributed by atoms with Crippen molar-refractivity contribution in [2.24, 2.45) is 0 Å². The predicted octanol–water partition coefficient (Wildman–Crippen LogP) is 3.93. The summed E-state index contributed by atoms with van der Waals surface area (Å²) in [4.78, 5) is 15.4. The molecular weight excluding hydrogens is 234 g/mol. The van der Waals surface area contributed by atoms with Gasteiger partial charge < -0.3 is 5.11 Å². The molecule has 1 rings (SSSR count). The zero-order chi connectivity index (χ0) is 13.4. The van der Waals surface area contributed by atoms with Crippen molar-refractivity contribution in [3.8, 4) is 0 Å². The maximum Gasteiger partial charge on any atom is 0.348 e. The van der Waals surface area contributed by atoms with Gasteiger partial charge in [0.15, 0.2) is 0 Å². The van der Waals surface area contributed by atoms with Crippen molar-refractivity contribution in [2.45, 2.75) is 20.8 Å². The molecular formula is C13H17NO2S. The van der Waals surface area contributed by atoms with E-state index >= 15 is 0 Å². The summed E-state index contributed by atoms with van der Waals surface area (Å²) in [6.07, 6.45) is 4.84. The summed E-state index contributed by atoms with van der Waals surface area (Å²) in [6.45, 7) is 13.0. The van der Waals surface area contributed by atoms with E-state index in [0.717, 1.165) is 16.3 Å². The standard InChI is InChI=1S/C11H11NO2S.C2H6/c1-4-6-8(5-2)9-10(11(13)14)15-7(3)12-9;1-2/h4-6H,1-2H2,3H3,(H,13,14);1-2H3/b8-6+;. The van der Waals surface area contributed by atoms with Crippen LogP contribution in [0.4, 0.5) is 0 Å². The molecule has 0 unspecified atom stereocenters. The van der Waals surface area contributed by atoms with Crippen LogP contribution in [0.15, 0.2) is 31.4 Å². The second kappa shape index (κ2) is 7.57. The van der Waals surface area contributed by atoms with Gasteiger partial charge in [0.2, 0.25) is 0 Å². The largest absolute Gasteiger partial charge is 0.477 e. The summed E-state index contributed by atoms with van der Waals surface area (Å²) in [6, 6.07) is 0. The molecule has 0 amide bonds. The van der Waals surface area contributed by atoms with E-state index in [0.29, 0.717) is 11.3 Å². The normalized spacial score (nSPS) is 10.2. The van der Waals surface area contributed by atoms with Crippen LogP contribution in [-0.4, -0.2) is 16.1 Å². The topological polar surface area (TPSA) is 50.2 Å². The molecule has 0 saturated heterocycles. The highest BCUT2D eigenvalue weighted by Gasteiger charge is 2.16. The first-order valence-electron chi connectivity index (χ1n) is 5.26. The van der Waals surface area contributed by atoms with E-state index < -0.39 is 5.97 Å². The van der Waals surface area contributed by atoms with Gasteiger partial charge in [-0.05, 0) is 6.92 Å². The highest BCUT2D eigenvalue weighted by Crippen LogP contribution is 2.25. The minimum atomic E-state index is -0.965. The van der Waals surface area contributed by atoms with Gasteiger partial charge in [-0.25, -0.2) is 9.78 Å². The lowest BCUT2D eigenvalue weighted by Gasteiger charge is -1.97. The molecule has 0 atom stereocenters. The van der Waals surface area contributed by atoms with Crippen LogP contribution in [0, 0.1) is 6.92 Å². The van der Waals surface area contributed by atoms with Crippen LogP contribution >= 0.6 is 11.3 Å². The molecule has 1 N–H and O–H groups in total. The molecule has 0 aliphatic rings. The minimum Gasteiger partial charge on any atom is -0.477 e. The molecule has 1 aromatic rings. The van der Waals surface area contributed by atoms with Crippen molar-refractivity contribution in [3.63, 3.8) is 0 Å². The van der Waals surface area contributed by atoms with E-state index in [-0.39, 0.29) is 4.88 Å². The van der Waals surface area contributed by atoms with Crippen LogP contribution in [0.3, 0.4) is 0 Å². The third kappa shape index (κ3) is 4.00. The van der Waals surface area contributed by atoms with Crippen molar-refractivity contribution < 1.29 is 9.90 Å². The molecule has 0 aliphatic carbocycles. The maximum absolute atomic E-state index is 10.9. The Hall–Kier alpha value is -1.68. The van der Waals surface area contributed by atoms with Crippen molar-refractivity contribution in [2.75, 3.05) is 0 Å². The number of aromatic nitrogens is 1. The van der Waals surface area contributed by atoms with Crippen LogP contribution in [-0.2, 0) is 0 Å². The van der Waals surface area contributed by atoms with Gasteiger partial charge in [-0.15, -0.1) is 11.3 Å². The summed E-state index contributed by atoms with van der Waals surface area (Å²) in [7, 11) is 0. The van der Waals surface area contributed by atoms with Crippen LogP contribution in [0.1, 0.15) is 34.2 Å². The fraction of sp³-hybridized carbons (Fsp3) is 0.231. The second-order valence-electron chi connectivity index (χ2n) is 2.78. The van der Waals surface area contributed by atoms with E-state index in [1.54, 1.807) is 25.2 Å². The zero-order valence-corrected chi connectivity index (χ0v) is 11.2. The molecule has 1 aromatic heterocycles. The number of nitrogens with zero attached hydrogens (tertiary/aromatic N) is 1. The molecule has 17 heavy (non-hydrogen) atoms.